The highest BCUT2D eigenvalue weighted by Gasteiger charge is 2.61. The number of amides is 2. The summed E-state index contributed by atoms with van der Waals surface area (Å²) in [6.07, 6.45) is 4.10. The molecular formula is C20H25ClN2O3. The number of para-hydroxylation sites is 1. The molecule has 0 radical (unpaired) electrons. The van der Waals surface area contributed by atoms with Crippen LogP contribution in [0.5, 0.6) is 5.75 Å². The molecule has 4 atom stereocenters. The summed E-state index contributed by atoms with van der Waals surface area (Å²) in [5.41, 5.74) is -0.00705. The minimum absolute atomic E-state index is 0.00705. The lowest BCUT2D eigenvalue weighted by atomic mass is 9.66. The Bertz CT molecular complexity index is 740. The van der Waals surface area contributed by atoms with Gasteiger partial charge in [0, 0.05) is 31.0 Å². The summed E-state index contributed by atoms with van der Waals surface area (Å²) in [6.45, 7) is 4.50. The van der Waals surface area contributed by atoms with Gasteiger partial charge in [0.05, 0.1) is 11.1 Å². The zero-order chi connectivity index (χ0) is 18.5. The van der Waals surface area contributed by atoms with Crippen molar-refractivity contribution < 1.29 is 14.3 Å². The van der Waals surface area contributed by atoms with Crippen LogP contribution in [0.25, 0.3) is 0 Å². The number of nitrogens with zero attached hydrogens (tertiary/aromatic N) is 2. The molecule has 0 unspecified atom stereocenters. The van der Waals surface area contributed by atoms with Gasteiger partial charge in [0.2, 0.25) is 5.91 Å². The number of rotatable bonds is 3. The molecule has 2 amide bonds. The van der Waals surface area contributed by atoms with Crippen molar-refractivity contribution >= 4 is 23.4 Å². The van der Waals surface area contributed by atoms with Gasteiger partial charge in [0.1, 0.15) is 5.75 Å². The van der Waals surface area contributed by atoms with Crippen molar-refractivity contribution in [2.75, 3.05) is 13.2 Å². The second-order valence-corrected chi connectivity index (χ2v) is 8.42. The van der Waals surface area contributed by atoms with Gasteiger partial charge < -0.3 is 14.5 Å². The van der Waals surface area contributed by atoms with Crippen molar-refractivity contribution in [3.63, 3.8) is 0 Å². The van der Waals surface area contributed by atoms with Crippen LogP contribution < -0.4 is 4.74 Å². The van der Waals surface area contributed by atoms with Crippen molar-refractivity contribution in [1.82, 2.24) is 9.80 Å². The number of hydrogen-bond acceptors (Lipinski definition) is 3. The maximum Gasteiger partial charge on any atom is 0.260 e. The molecule has 3 fully saturated rings. The van der Waals surface area contributed by atoms with Crippen molar-refractivity contribution in [2.24, 2.45) is 5.41 Å². The third-order valence-electron chi connectivity index (χ3n) is 6.54. The summed E-state index contributed by atoms with van der Waals surface area (Å²) in [5, 5.41) is 0.506. The molecule has 26 heavy (non-hydrogen) atoms. The Kier molecular flexibility index (Phi) is 4.38. The van der Waals surface area contributed by atoms with Crippen LogP contribution in [-0.4, -0.2) is 52.9 Å². The number of halogens is 1. The number of likely N-dealkylation sites (tertiary alicyclic amines) is 2. The van der Waals surface area contributed by atoms with Crippen molar-refractivity contribution in [3.8, 4) is 5.75 Å². The lowest BCUT2D eigenvalue weighted by Gasteiger charge is -2.49. The van der Waals surface area contributed by atoms with Gasteiger partial charge in [-0.15, -0.1) is 0 Å². The largest absolute Gasteiger partial charge is 0.482 e. The molecule has 2 bridgehead atoms. The van der Waals surface area contributed by atoms with Gasteiger partial charge in [0.25, 0.3) is 5.91 Å². The van der Waals surface area contributed by atoms with E-state index in [-0.39, 0.29) is 42.0 Å². The van der Waals surface area contributed by atoms with E-state index in [4.69, 9.17) is 16.3 Å². The van der Waals surface area contributed by atoms with Crippen LogP contribution in [0.2, 0.25) is 5.02 Å². The Morgan fingerprint density at radius 3 is 2.73 bits per heavy atom. The standard InChI is InChI=1S/C20H25ClN2O3/c1-13(24)23-14-10-20(2)17(8-5-9-18(20)23)22(11-14)19(25)12-26-16-7-4-3-6-15(16)21/h3-4,6-7,14,17-18H,5,8-12H2,1-2H3/t14-,17+,18-,20+/m0/s1. The monoisotopic (exact) mass is 376 g/mol. The Morgan fingerprint density at radius 1 is 1.27 bits per heavy atom. The van der Waals surface area contributed by atoms with E-state index >= 15 is 0 Å². The number of carbonyl (C=O) groups excluding carboxylic acids is 2. The van der Waals surface area contributed by atoms with Crippen LogP contribution in [0.4, 0.5) is 0 Å². The lowest BCUT2D eigenvalue weighted by Crippen LogP contribution is -2.58. The van der Waals surface area contributed by atoms with Crippen molar-refractivity contribution in [1.29, 1.82) is 0 Å². The van der Waals surface area contributed by atoms with Crippen LogP contribution in [0.1, 0.15) is 39.5 Å². The van der Waals surface area contributed by atoms with Crippen molar-refractivity contribution in [2.45, 2.75) is 57.7 Å². The summed E-state index contributed by atoms with van der Waals surface area (Å²) >= 11 is 6.12. The number of ether oxygens (including phenoxy) is 1. The first kappa shape index (κ1) is 17.7. The van der Waals surface area contributed by atoms with Crippen LogP contribution in [0.3, 0.4) is 0 Å². The van der Waals surface area contributed by atoms with Gasteiger partial charge in [-0.25, -0.2) is 0 Å². The number of carbonyl (C=O) groups is 2. The minimum atomic E-state index is -0.0201. The lowest BCUT2D eigenvalue weighted by molar-refractivity contribution is -0.142. The third-order valence-corrected chi connectivity index (χ3v) is 6.85. The zero-order valence-corrected chi connectivity index (χ0v) is 16.0. The van der Waals surface area contributed by atoms with Gasteiger partial charge in [-0.1, -0.05) is 30.7 Å². The first-order valence-electron chi connectivity index (χ1n) is 9.37. The Labute approximate surface area is 159 Å². The van der Waals surface area contributed by atoms with E-state index in [1.165, 1.54) is 0 Å². The fourth-order valence-electron chi connectivity index (χ4n) is 5.53. The molecule has 0 N–H and O–H groups in total. The first-order chi connectivity index (χ1) is 12.4. The molecule has 2 saturated heterocycles. The van der Waals surface area contributed by atoms with Crippen molar-refractivity contribution in [3.05, 3.63) is 29.3 Å². The van der Waals surface area contributed by atoms with Crippen LogP contribution in [-0.2, 0) is 9.59 Å². The third kappa shape index (κ3) is 2.68. The van der Waals surface area contributed by atoms with Gasteiger partial charge in [-0.3, -0.25) is 9.59 Å². The fourth-order valence-corrected chi connectivity index (χ4v) is 5.72. The fraction of sp³-hybridized carbons (Fsp3) is 0.600. The predicted molar refractivity (Wildman–Crippen MR) is 99.1 cm³/mol. The number of hydrogen-bond donors (Lipinski definition) is 0. The Morgan fingerprint density at radius 2 is 2.00 bits per heavy atom. The SMILES string of the molecule is CC(=O)N1[C@@H]2CN(C(=O)COc3ccccc3Cl)[C@@H]3CCC[C@H]1[C@]3(C)C2. The molecule has 1 saturated carbocycles. The zero-order valence-electron chi connectivity index (χ0n) is 15.3. The minimum Gasteiger partial charge on any atom is -0.482 e. The second-order valence-electron chi connectivity index (χ2n) is 8.02. The quantitative estimate of drug-likeness (QED) is 0.814. The highest BCUT2D eigenvalue weighted by atomic mass is 35.5. The van der Waals surface area contributed by atoms with Crippen LogP contribution >= 0.6 is 11.6 Å². The summed E-state index contributed by atoms with van der Waals surface area (Å²) in [6, 6.07) is 7.75. The molecule has 1 aromatic carbocycles. The van der Waals surface area contributed by atoms with Gasteiger partial charge in [0.15, 0.2) is 6.61 Å². The highest BCUT2D eigenvalue weighted by Crippen LogP contribution is 2.54. The van der Waals surface area contributed by atoms with E-state index in [0.717, 1.165) is 25.7 Å². The molecule has 0 aromatic heterocycles. The van der Waals surface area contributed by atoms with E-state index in [1.807, 2.05) is 21.9 Å². The van der Waals surface area contributed by atoms with Gasteiger partial charge in [-0.05, 0) is 37.8 Å². The molecule has 3 aliphatic rings. The Balaban J connectivity index is 1.53. The number of fused-ring (bicyclic) bond motifs is 1. The van der Waals surface area contributed by atoms with E-state index in [1.54, 1.807) is 19.1 Å². The van der Waals surface area contributed by atoms with E-state index in [2.05, 4.69) is 6.92 Å². The summed E-state index contributed by atoms with van der Waals surface area (Å²) in [4.78, 5) is 29.2. The maximum absolute atomic E-state index is 13.0. The molecule has 5 nitrogen and oxygen atoms in total. The molecule has 2 heterocycles. The van der Waals surface area contributed by atoms with Crippen LogP contribution in [0.15, 0.2) is 24.3 Å². The van der Waals surface area contributed by atoms with E-state index in [9.17, 15) is 9.59 Å². The molecule has 140 valence electrons. The Hall–Kier alpha value is -1.75. The first-order valence-corrected chi connectivity index (χ1v) is 9.75. The van der Waals surface area contributed by atoms with E-state index in [0.29, 0.717) is 17.3 Å². The average Bonchev–Trinajstić information content (AvgIpc) is 2.90. The molecule has 2 aliphatic heterocycles. The van der Waals surface area contributed by atoms with Gasteiger partial charge >= 0.3 is 0 Å². The number of piperidine rings is 1. The second kappa shape index (κ2) is 6.45. The molecule has 1 aliphatic carbocycles. The normalized spacial score (nSPS) is 32.5. The predicted octanol–water partition coefficient (Wildman–Crippen LogP) is 3.11. The van der Waals surface area contributed by atoms with Gasteiger partial charge in [-0.2, -0.15) is 0 Å². The summed E-state index contributed by atoms with van der Waals surface area (Å²) < 4.78 is 5.68. The molecule has 0 spiro atoms. The van der Waals surface area contributed by atoms with E-state index < -0.39 is 0 Å². The summed E-state index contributed by atoms with van der Waals surface area (Å²) in [5.74, 6) is 0.642. The molecule has 6 heteroatoms. The van der Waals surface area contributed by atoms with Crippen LogP contribution in [0, 0.1) is 5.41 Å². The smallest absolute Gasteiger partial charge is 0.260 e. The highest BCUT2D eigenvalue weighted by molar-refractivity contribution is 6.32. The summed E-state index contributed by atoms with van der Waals surface area (Å²) in [7, 11) is 0. The molecule has 4 rings (SSSR count). The molecular weight excluding hydrogens is 352 g/mol. The average molecular weight is 377 g/mol. The molecule has 1 aromatic rings. The number of benzene rings is 1. The topological polar surface area (TPSA) is 49.9 Å². The maximum atomic E-state index is 13.0.